The molecule has 2 N–H and O–H groups in total. The van der Waals surface area contributed by atoms with Crippen molar-refractivity contribution < 1.29 is 14.3 Å². The molecule has 1 aromatic rings. The van der Waals surface area contributed by atoms with Crippen LogP contribution in [0.1, 0.15) is 16.8 Å². The van der Waals surface area contributed by atoms with Gasteiger partial charge in [-0.05, 0) is 6.07 Å². The Hall–Kier alpha value is -1.33. The summed E-state index contributed by atoms with van der Waals surface area (Å²) >= 11 is 5.92. The van der Waals surface area contributed by atoms with Gasteiger partial charge in [0, 0.05) is 12.6 Å². The lowest BCUT2D eigenvalue weighted by Gasteiger charge is -2.11. The van der Waals surface area contributed by atoms with Gasteiger partial charge in [0.15, 0.2) is 0 Å². The molecule has 1 aliphatic rings. The van der Waals surface area contributed by atoms with E-state index >= 15 is 0 Å². The highest BCUT2D eigenvalue weighted by Gasteiger charge is 2.19. The molecule has 1 aliphatic heterocycles. The molecule has 1 amide bonds. The Bertz CT molecular complexity index is 405. The maximum Gasteiger partial charge on any atom is 0.250 e. The number of carbonyl (C=O) groups excluding carboxylic acids is 1. The first-order chi connectivity index (χ1) is 7.66. The van der Waals surface area contributed by atoms with Crippen LogP contribution in [-0.2, 0) is 4.74 Å². The Labute approximate surface area is 97.5 Å². The minimum Gasteiger partial charge on any atom is -0.471 e. The van der Waals surface area contributed by atoms with Gasteiger partial charge in [-0.1, -0.05) is 11.6 Å². The smallest absolute Gasteiger partial charge is 0.250 e. The van der Waals surface area contributed by atoms with Crippen molar-refractivity contribution >= 4 is 17.5 Å². The van der Waals surface area contributed by atoms with E-state index in [1.807, 2.05) is 0 Å². The molecule has 16 heavy (non-hydrogen) atoms. The van der Waals surface area contributed by atoms with Crippen LogP contribution in [0.4, 0.5) is 0 Å². The van der Waals surface area contributed by atoms with Crippen molar-refractivity contribution in [1.82, 2.24) is 4.98 Å². The van der Waals surface area contributed by atoms with Gasteiger partial charge in [-0.2, -0.15) is 0 Å². The standard InChI is InChI=1S/C10H11ClN2O3/c11-8-3-6(9(12)14)4-13-10(8)16-7-1-2-15-5-7/h3-4,7H,1-2,5H2,(H2,12,14)/t7-/m0/s1. The number of carbonyl (C=O) groups is 1. The molecule has 86 valence electrons. The lowest BCUT2D eigenvalue weighted by Crippen LogP contribution is -2.17. The molecule has 0 saturated carbocycles. The van der Waals surface area contributed by atoms with E-state index < -0.39 is 5.91 Å². The number of hydrogen-bond acceptors (Lipinski definition) is 4. The van der Waals surface area contributed by atoms with Gasteiger partial charge in [-0.15, -0.1) is 0 Å². The van der Waals surface area contributed by atoms with E-state index in [-0.39, 0.29) is 16.7 Å². The van der Waals surface area contributed by atoms with E-state index in [0.717, 1.165) is 6.42 Å². The highest BCUT2D eigenvalue weighted by molar-refractivity contribution is 6.32. The number of nitrogens with zero attached hydrogens (tertiary/aromatic N) is 1. The molecular weight excluding hydrogens is 232 g/mol. The van der Waals surface area contributed by atoms with Crippen LogP contribution in [0.5, 0.6) is 5.88 Å². The number of amides is 1. The van der Waals surface area contributed by atoms with Gasteiger partial charge < -0.3 is 15.2 Å². The quantitative estimate of drug-likeness (QED) is 0.858. The number of nitrogens with two attached hydrogens (primary N) is 1. The van der Waals surface area contributed by atoms with Gasteiger partial charge in [-0.3, -0.25) is 4.79 Å². The third-order valence-corrected chi connectivity index (χ3v) is 2.53. The van der Waals surface area contributed by atoms with Crippen LogP contribution in [0.3, 0.4) is 0 Å². The highest BCUT2D eigenvalue weighted by atomic mass is 35.5. The monoisotopic (exact) mass is 242 g/mol. The fraction of sp³-hybridized carbons (Fsp3) is 0.400. The molecule has 1 aromatic heterocycles. The van der Waals surface area contributed by atoms with Crippen LogP contribution in [0.25, 0.3) is 0 Å². The van der Waals surface area contributed by atoms with Gasteiger partial charge >= 0.3 is 0 Å². The number of pyridine rings is 1. The van der Waals surface area contributed by atoms with Gasteiger partial charge in [0.05, 0.1) is 18.8 Å². The zero-order valence-electron chi connectivity index (χ0n) is 8.48. The van der Waals surface area contributed by atoms with Crippen molar-refractivity contribution in [3.63, 3.8) is 0 Å². The van der Waals surface area contributed by atoms with Crippen LogP contribution in [-0.4, -0.2) is 30.2 Å². The van der Waals surface area contributed by atoms with Gasteiger partial charge in [0.25, 0.3) is 0 Å². The molecule has 0 spiro atoms. The fourth-order valence-corrected chi connectivity index (χ4v) is 1.62. The van der Waals surface area contributed by atoms with Gasteiger partial charge in [0.1, 0.15) is 11.1 Å². The molecule has 6 heteroatoms. The minimum atomic E-state index is -0.565. The molecule has 1 fully saturated rings. The Balaban J connectivity index is 2.12. The van der Waals surface area contributed by atoms with Crippen LogP contribution >= 0.6 is 11.6 Å². The van der Waals surface area contributed by atoms with Crippen LogP contribution in [0.15, 0.2) is 12.3 Å². The van der Waals surface area contributed by atoms with E-state index in [1.165, 1.54) is 12.3 Å². The molecule has 2 rings (SSSR count). The maximum absolute atomic E-state index is 10.9. The molecule has 0 unspecified atom stereocenters. The minimum absolute atomic E-state index is 0.0237. The first-order valence-electron chi connectivity index (χ1n) is 4.86. The van der Waals surface area contributed by atoms with Crippen molar-refractivity contribution in [1.29, 1.82) is 0 Å². The summed E-state index contributed by atoms with van der Waals surface area (Å²) in [6.45, 7) is 1.22. The van der Waals surface area contributed by atoms with Gasteiger partial charge in [-0.25, -0.2) is 4.98 Å². The lowest BCUT2D eigenvalue weighted by atomic mass is 10.3. The first kappa shape index (κ1) is 11.2. The third-order valence-electron chi connectivity index (χ3n) is 2.26. The Morgan fingerprint density at radius 1 is 1.69 bits per heavy atom. The summed E-state index contributed by atoms with van der Waals surface area (Å²) in [5, 5.41) is 0.281. The molecular formula is C10H11ClN2O3. The molecule has 0 aromatic carbocycles. The Morgan fingerprint density at radius 2 is 2.50 bits per heavy atom. The normalized spacial score (nSPS) is 19.7. The first-order valence-corrected chi connectivity index (χ1v) is 5.24. The number of halogens is 1. The molecule has 1 atom stereocenters. The molecule has 1 saturated heterocycles. The van der Waals surface area contributed by atoms with Crippen molar-refractivity contribution in [2.45, 2.75) is 12.5 Å². The number of ether oxygens (including phenoxy) is 2. The second kappa shape index (κ2) is 4.67. The van der Waals surface area contributed by atoms with E-state index in [2.05, 4.69) is 4.98 Å². The predicted molar refractivity (Wildman–Crippen MR) is 57.6 cm³/mol. The summed E-state index contributed by atoms with van der Waals surface area (Å²) in [4.78, 5) is 14.8. The second-order valence-corrected chi connectivity index (χ2v) is 3.89. The number of primary amides is 1. The maximum atomic E-state index is 10.9. The summed E-state index contributed by atoms with van der Waals surface area (Å²) < 4.78 is 10.7. The van der Waals surface area contributed by atoms with E-state index in [9.17, 15) is 4.79 Å². The second-order valence-electron chi connectivity index (χ2n) is 3.48. The van der Waals surface area contributed by atoms with E-state index in [1.54, 1.807) is 0 Å². The average molecular weight is 243 g/mol. The predicted octanol–water partition coefficient (Wildman–Crippen LogP) is 1.00. The average Bonchev–Trinajstić information content (AvgIpc) is 2.73. The van der Waals surface area contributed by atoms with Crippen LogP contribution in [0.2, 0.25) is 5.02 Å². The van der Waals surface area contributed by atoms with E-state index in [4.69, 9.17) is 26.8 Å². The number of aromatic nitrogens is 1. The molecule has 0 radical (unpaired) electrons. The van der Waals surface area contributed by atoms with Crippen molar-refractivity contribution in [3.05, 3.63) is 22.8 Å². The zero-order chi connectivity index (χ0) is 11.5. The van der Waals surface area contributed by atoms with Gasteiger partial charge in [0.2, 0.25) is 11.8 Å². The van der Waals surface area contributed by atoms with Crippen LogP contribution in [0, 0.1) is 0 Å². The summed E-state index contributed by atoms with van der Waals surface area (Å²) in [6, 6.07) is 1.45. The molecule has 0 aliphatic carbocycles. The summed E-state index contributed by atoms with van der Waals surface area (Å²) in [5.74, 6) is -0.257. The highest BCUT2D eigenvalue weighted by Crippen LogP contribution is 2.24. The Kier molecular flexibility index (Phi) is 3.26. The SMILES string of the molecule is NC(=O)c1cnc(O[C@H]2CCOC2)c(Cl)c1. The summed E-state index contributed by atoms with van der Waals surface area (Å²) in [5.41, 5.74) is 5.36. The van der Waals surface area contributed by atoms with Crippen molar-refractivity contribution in [3.8, 4) is 5.88 Å². The Morgan fingerprint density at radius 3 is 3.06 bits per heavy atom. The summed E-state index contributed by atoms with van der Waals surface area (Å²) in [6.07, 6.45) is 2.14. The third kappa shape index (κ3) is 2.43. The topological polar surface area (TPSA) is 74.4 Å². The van der Waals surface area contributed by atoms with Crippen LogP contribution < -0.4 is 10.5 Å². The largest absolute Gasteiger partial charge is 0.471 e. The lowest BCUT2D eigenvalue weighted by molar-refractivity contribution is 0.0999. The zero-order valence-corrected chi connectivity index (χ0v) is 9.24. The summed E-state index contributed by atoms with van der Waals surface area (Å²) in [7, 11) is 0. The molecule has 5 nitrogen and oxygen atoms in total. The molecule has 2 heterocycles. The van der Waals surface area contributed by atoms with E-state index in [0.29, 0.717) is 19.1 Å². The number of hydrogen-bond donors (Lipinski definition) is 1. The van der Waals surface area contributed by atoms with Crippen molar-refractivity contribution in [2.75, 3.05) is 13.2 Å². The fourth-order valence-electron chi connectivity index (χ4n) is 1.41. The van der Waals surface area contributed by atoms with Crippen molar-refractivity contribution in [2.24, 2.45) is 5.73 Å². The molecule has 0 bridgehead atoms. The number of rotatable bonds is 3.